The Morgan fingerprint density at radius 1 is 0.253 bits per heavy atom. The van der Waals surface area contributed by atoms with Crippen molar-refractivity contribution in [1.82, 2.24) is 4.57 Å². The van der Waals surface area contributed by atoms with Gasteiger partial charge in [-0.15, -0.1) is 0 Å². The van der Waals surface area contributed by atoms with Crippen molar-refractivity contribution in [1.29, 1.82) is 0 Å². The Balaban J connectivity index is 0.939. The van der Waals surface area contributed by atoms with Gasteiger partial charge in [0.25, 0.3) is 0 Å². The van der Waals surface area contributed by atoms with Gasteiger partial charge in [-0.05, 0) is 148 Å². The van der Waals surface area contributed by atoms with Crippen LogP contribution in [0.25, 0.3) is 72.0 Å². The summed E-state index contributed by atoms with van der Waals surface area (Å²) in [6.45, 7) is 0. The van der Waals surface area contributed by atoms with E-state index in [4.69, 9.17) is 0 Å². The molecule has 0 fully saturated rings. The molecule has 1 atom stereocenters. The Bertz CT molecular complexity index is 5030. The first-order valence-corrected chi connectivity index (χ1v) is 29.2. The molecule has 13 aromatic carbocycles. The van der Waals surface area contributed by atoms with E-state index >= 15 is 0 Å². The summed E-state index contributed by atoms with van der Waals surface area (Å²) in [7, 11) is 0. The second-order valence-corrected chi connectivity index (χ2v) is 23.3. The topological polar surface area (TPSA) is 8.17 Å². The lowest BCUT2D eigenvalue weighted by atomic mass is 9.65. The van der Waals surface area contributed by atoms with E-state index in [1.165, 1.54) is 139 Å². The minimum Gasteiger partial charge on any atom is -0.310 e. The molecule has 0 saturated heterocycles. The van der Waals surface area contributed by atoms with Crippen molar-refractivity contribution in [3.63, 3.8) is 0 Å². The lowest BCUT2D eigenvalue weighted by molar-refractivity contribution is 0.748. The van der Waals surface area contributed by atoms with Crippen LogP contribution in [0, 0.1) is 0 Å². The second-order valence-electron chi connectivity index (χ2n) is 23.3. The van der Waals surface area contributed by atoms with Crippen molar-refractivity contribution < 1.29 is 0 Å². The molecule has 2 nitrogen and oxygen atoms in total. The van der Waals surface area contributed by atoms with Crippen molar-refractivity contribution in [3.8, 4) is 50.2 Å². The summed E-state index contributed by atoms with van der Waals surface area (Å²) in [6, 6.07) is 116. The number of hydrogen-bond acceptors (Lipinski definition) is 1. The van der Waals surface area contributed by atoms with Gasteiger partial charge in [0.15, 0.2) is 0 Å². The van der Waals surface area contributed by atoms with Crippen molar-refractivity contribution in [2.24, 2.45) is 0 Å². The molecule has 0 bridgehead atoms. The van der Waals surface area contributed by atoms with E-state index in [0.717, 1.165) is 17.1 Å². The van der Waals surface area contributed by atoms with Crippen LogP contribution in [0.5, 0.6) is 0 Å². The monoisotopic (exact) mass is 1050 g/mol. The number of rotatable bonds is 5. The summed E-state index contributed by atoms with van der Waals surface area (Å²) in [5, 5.41) is 2.55. The zero-order valence-corrected chi connectivity index (χ0v) is 45.3. The summed E-state index contributed by atoms with van der Waals surface area (Å²) in [6.07, 6.45) is 0. The van der Waals surface area contributed by atoms with Crippen LogP contribution in [-0.2, 0) is 16.2 Å². The average Bonchev–Trinajstić information content (AvgIpc) is 1.74. The molecule has 14 aromatic rings. The maximum atomic E-state index is 2.63. The van der Waals surface area contributed by atoms with Crippen LogP contribution in [-0.4, -0.2) is 4.57 Å². The van der Waals surface area contributed by atoms with Gasteiger partial charge in [0.05, 0.1) is 38.7 Å². The summed E-state index contributed by atoms with van der Waals surface area (Å²) in [5.74, 6) is 0. The predicted octanol–water partition coefficient (Wildman–Crippen LogP) is 19.6. The van der Waals surface area contributed by atoms with Crippen LogP contribution in [0.3, 0.4) is 0 Å². The fraction of sp³-hybridized carbons (Fsp3) is 0.0370. The van der Waals surface area contributed by atoms with Gasteiger partial charge >= 0.3 is 0 Å². The molecule has 2 heterocycles. The first-order chi connectivity index (χ1) is 41.2. The predicted molar refractivity (Wildman–Crippen MR) is 340 cm³/mol. The zero-order chi connectivity index (χ0) is 54.2. The second kappa shape index (κ2) is 16.3. The SMILES string of the molecule is c1ccc(C2(c3ccccc3)c3ccccc3-c3ccc(N(c4ccc5c(c4)C4(c6ccccc6-5)c5ccccc5-n5c6ccccc6c6cccc4c65)c4cccc5c4-c4ccccc4C54c5ccccc5-c5ccccc54)cc32)cc1. The van der Waals surface area contributed by atoms with E-state index in [0.29, 0.717) is 0 Å². The third-order valence-electron chi connectivity index (χ3n) is 19.9. The van der Waals surface area contributed by atoms with Crippen molar-refractivity contribution >= 4 is 38.9 Å². The van der Waals surface area contributed by atoms with Gasteiger partial charge in [-0.1, -0.05) is 261 Å². The van der Waals surface area contributed by atoms with Crippen LogP contribution in [0.4, 0.5) is 17.1 Å². The van der Waals surface area contributed by atoms with Gasteiger partial charge in [-0.2, -0.15) is 0 Å². The standard InChI is InChI=1S/C81H50N2/c1-3-23-51(24-4-1)79(52-25-5-2-6-26-52)64-34-13-7-29-57(64)59-47-45-53(49-72(59)79)82(76-44-22-40-70-77(76)63-32-11-17-38-68(63)80(70)65-35-14-8-27-55(65)56-28-9-15-36-66(56)80)54-46-48-60-58-30-10-16-37-67(58)81(73(60)50-54)69-39-18-20-43-75(69)83-74-42-19-12-31-61(74)62-33-21-41-71(81)78(62)83/h1-50H. The van der Waals surface area contributed by atoms with Crippen LogP contribution >= 0.6 is 0 Å². The molecule has 1 aliphatic heterocycles. The molecule has 83 heavy (non-hydrogen) atoms. The fourth-order valence-electron chi connectivity index (χ4n) is 17.0. The highest BCUT2D eigenvalue weighted by Gasteiger charge is 2.54. The van der Waals surface area contributed by atoms with E-state index in [2.05, 4.69) is 313 Å². The molecule has 1 unspecified atom stereocenters. The minimum absolute atomic E-state index is 0.525. The molecule has 19 rings (SSSR count). The number of aromatic nitrogens is 1. The maximum absolute atomic E-state index is 2.63. The van der Waals surface area contributed by atoms with E-state index in [1.807, 2.05) is 0 Å². The highest BCUT2D eigenvalue weighted by molar-refractivity contribution is 6.13. The van der Waals surface area contributed by atoms with Gasteiger partial charge in [-0.3, -0.25) is 0 Å². The van der Waals surface area contributed by atoms with Crippen molar-refractivity contribution in [3.05, 3.63) is 370 Å². The molecule has 0 amide bonds. The number of nitrogens with zero attached hydrogens (tertiary/aromatic N) is 2. The zero-order valence-electron chi connectivity index (χ0n) is 45.3. The van der Waals surface area contributed by atoms with Gasteiger partial charge in [0.2, 0.25) is 0 Å². The highest BCUT2D eigenvalue weighted by Crippen LogP contribution is 2.67. The molecular weight excluding hydrogens is 1000 g/mol. The summed E-state index contributed by atoms with van der Waals surface area (Å²) in [4.78, 5) is 2.63. The molecule has 1 aromatic heterocycles. The van der Waals surface area contributed by atoms with E-state index < -0.39 is 16.2 Å². The summed E-state index contributed by atoms with van der Waals surface area (Å²) >= 11 is 0. The molecule has 4 aliphatic carbocycles. The van der Waals surface area contributed by atoms with Crippen LogP contribution in [0.15, 0.2) is 303 Å². The Labute approximate surface area is 482 Å². The third kappa shape index (κ3) is 5.41. The molecule has 0 saturated carbocycles. The Morgan fingerprint density at radius 3 is 1.24 bits per heavy atom. The maximum Gasteiger partial charge on any atom is 0.0755 e. The Hall–Kier alpha value is -10.5. The van der Waals surface area contributed by atoms with Gasteiger partial charge < -0.3 is 9.47 Å². The molecule has 2 spiro atoms. The Kier molecular flexibility index (Phi) is 8.89. The molecule has 0 N–H and O–H groups in total. The molecule has 384 valence electrons. The number of hydrogen-bond donors (Lipinski definition) is 0. The number of fused-ring (bicyclic) bond motifs is 25. The van der Waals surface area contributed by atoms with Crippen molar-refractivity contribution in [2.45, 2.75) is 16.2 Å². The van der Waals surface area contributed by atoms with E-state index in [1.54, 1.807) is 0 Å². The first kappa shape index (κ1) is 45.2. The van der Waals surface area contributed by atoms with Crippen molar-refractivity contribution in [2.75, 3.05) is 4.90 Å². The molecule has 2 heteroatoms. The number of anilines is 3. The van der Waals surface area contributed by atoms with Crippen LogP contribution in [0.2, 0.25) is 0 Å². The van der Waals surface area contributed by atoms with Gasteiger partial charge in [0.1, 0.15) is 0 Å². The summed E-state index contributed by atoms with van der Waals surface area (Å²) < 4.78 is 2.55. The van der Waals surface area contributed by atoms with E-state index in [-0.39, 0.29) is 0 Å². The first-order valence-electron chi connectivity index (χ1n) is 29.2. The Morgan fingerprint density at radius 2 is 0.651 bits per heavy atom. The highest BCUT2D eigenvalue weighted by atomic mass is 15.1. The van der Waals surface area contributed by atoms with Crippen LogP contribution < -0.4 is 4.90 Å². The summed E-state index contributed by atoms with van der Waals surface area (Å²) in [5.41, 5.74) is 31.0. The normalized spacial score (nSPS) is 16.0. The number of para-hydroxylation sites is 3. The quantitative estimate of drug-likeness (QED) is 0.167. The minimum atomic E-state index is -0.643. The fourth-order valence-corrected chi connectivity index (χ4v) is 17.0. The molecule has 0 radical (unpaired) electrons. The van der Waals surface area contributed by atoms with Gasteiger partial charge in [-0.25, -0.2) is 0 Å². The van der Waals surface area contributed by atoms with Crippen LogP contribution in [0.1, 0.15) is 66.8 Å². The van der Waals surface area contributed by atoms with E-state index in [9.17, 15) is 0 Å². The molecular formula is C81H50N2. The largest absolute Gasteiger partial charge is 0.310 e. The third-order valence-corrected chi connectivity index (χ3v) is 19.9. The van der Waals surface area contributed by atoms with Gasteiger partial charge in [0, 0.05) is 27.7 Å². The molecule has 5 aliphatic rings. The lowest BCUT2D eigenvalue weighted by Crippen LogP contribution is -2.33. The lowest BCUT2D eigenvalue weighted by Gasteiger charge is -2.40. The smallest absolute Gasteiger partial charge is 0.0755 e. The average molecular weight is 1050 g/mol. The number of benzene rings is 13.